The Morgan fingerprint density at radius 3 is 2.81 bits per heavy atom. The van der Waals surface area contributed by atoms with Crippen LogP contribution in [0.15, 0.2) is 24.3 Å². The molecule has 0 bridgehead atoms. The minimum Gasteiger partial charge on any atom is -0.480 e. The summed E-state index contributed by atoms with van der Waals surface area (Å²) in [7, 11) is 0. The Kier molecular flexibility index (Phi) is 2.72. The molecule has 1 unspecified atom stereocenters. The lowest BCUT2D eigenvalue weighted by atomic mass is 9.77. The van der Waals surface area contributed by atoms with Gasteiger partial charge in [0.05, 0.1) is 0 Å². The molecule has 1 atom stereocenters. The lowest BCUT2D eigenvalue weighted by molar-refractivity contribution is -0.143. The summed E-state index contributed by atoms with van der Waals surface area (Å²) in [5.41, 5.74) is 1.91. The molecule has 2 N–H and O–H groups in total. The van der Waals surface area contributed by atoms with E-state index in [9.17, 15) is 4.79 Å². The minimum absolute atomic E-state index is 0.467. The van der Waals surface area contributed by atoms with Gasteiger partial charge in [0.2, 0.25) is 0 Å². The van der Waals surface area contributed by atoms with Gasteiger partial charge in [0.25, 0.3) is 0 Å². The molecule has 1 aromatic carbocycles. The molecule has 1 aliphatic carbocycles. The van der Waals surface area contributed by atoms with E-state index in [1.54, 1.807) is 13.8 Å². The molecular formula is C13H17NO2. The summed E-state index contributed by atoms with van der Waals surface area (Å²) in [4.78, 5) is 10.9. The third kappa shape index (κ3) is 1.95. The van der Waals surface area contributed by atoms with Crippen molar-refractivity contribution < 1.29 is 9.90 Å². The van der Waals surface area contributed by atoms with E-state index in [0.29, 0.717) is 5.92 Å². The second kappa shape index (κ2) is 3.91. The van der Waals surface area contributed by atoms with Gasteiger partial charge in [-0.1, -0.05) is 24.3 Å². The molecule has 3 heteroatoms. The van der Waals surface area contributed by atoms with Gasteiger partial charge in [0, 0.05) is 12.5 Å². The highest BCUT2D eigenvalue weighted by atomic mass is 16.4. The molecule has 0 aliphatic heterocycles. The van der Waals surface area contributed by atoms with Crippen molar-refractivity contribution in [2.75, 3.05) is 6.54 Å². The number of carboxylic acid groups (broad SMARTS) is 1. The molecule has 86 valence electrons. The van der Waals surface area contributed by atoms with E-state index >= 15 is 0 Å². The van der Waals surface area contributed by atoms with Crippen LogP contribution in [0.3, 0.4) is 0 Å². The van der Waals surface area contributed by atoms with Gasteiger partial charge in [-0.15, -0.1) is 0 Å². The van der Waals surface area contributed by atoms with Crippen LogP contribution in [0, 0.1) is 0 Å². The highest BCUT2D eigenvalue weighted by molar-refractivity contribution is 5.77. The normalized spacial score (nSPS) is 18.8. The SMILES string of the molecule is CC(C)(NCC1Cc2ccccc21)C(=O)O. The average Bonchev–Trinajstić information content (AvgIpc) is 2.19. The van der Waals surface area contributed by atoms with Crippen LogP contribution in [0.5, 0.6) is 0 Å². The highest BCUT2D eigenvalue weighted by Gasteiger charge is 2.31. The first-order chi connectivity index (χ1) is 7.50. The first-order valence-corrected chi connectivity index (χ1v) is 5.57. The average molecular weight is 219 g/mol. The molecule has 1 aliphatic rings. The minimum atomic E-state index is -0.843. The Labute approximate surface area is 95.5 Å². The zero-order valence-corrected chi connectivity index (χ0v) is 9.66. The summed E-state index contributed by atoms with van der Waals surface area (Å²) in [6.07, 6.45) is 1.05. The van der Waals surface area contributed by atoms with Gasteiger partial charge in [-0.2, -0.15) is 0 Å². The number of rotatable bonds is 4. The smallest absolute Gasteiger partial charge is 0.323 e. The lowest BCUT2D eigenvalue weighted by Gasteiger charge is -2.33. The van der Waals surface area contributed by atoms with E-state index < -0.39 is 11.5 Å². The van der Waals surface area contributed by atoms with E-state index in [1.165, 1.54) is 11.1 Å². The Morgan fingerprint density at radius 1 is 1.50 bits per heavy atom. The van der Waals surface area contributed by atoms with E-state index in [1.807, 2.05) is 12.1 Å². The van der Waals surface area contributed by atoms with Gasteiger partial charge in [-0.25, -0.2) is 0 Å². The maximum atomic E-state index is 10.9. The lowest BCUT2D eigenvalue weighted by Crippen LogP contribution is -2.49. The van der Waals surface area contributed by atoms with Crippen LogP contribution in [0.25, 0.3) is 0 Å². The Hall–Kier alpha value is -1.35. The fourth-order valence-electron chi connectivity index (χ4n) is 2.00. The fraction of sp³-hybridized carbons (Fsp3) is 0.462. The molecule has 0 saturated heterocycles. The van der Waals surface area contributed by atoms with Crippen LogP contribution in [-0.2, 0) is 11.2 Å². The standard InChI is InChI=1S/C13H17NO2/c1-13(2,12(15)16)14-8-10-7-9-5-3-4-6-11(9)10/h3-6,10,14H,7-8H2,1-2H3,(H,15,16). The van der Waals surface area contributed by atoms with Crippen LogP contribution < -0.4 is 5.32 Å². The molecule has 16 heavy (non-hydrogen) atoms. The monoisotopic (exact) mass is 219 g/mol. The molecule has 0 amide bonds. The van der Waals surface area contributed by atoms with Crippen LogP contribution in [0.4, 0.5) is 0 Å². The summed E-state index contributed by atoms with van der Waals surface area (Å²) in [6.45, 7) is 4.12. The van der Waals surface area contributed by atoms with E-state index in [2.05, 4.69) is 17.4 Å². The van der Waals surface area contributed by atoms with Crippen molar-refractivity contribution in [1.82, 2.24) is 5.32 Å². The van der Waals surface area contributed by atoms with Crippen molar-refractivity contribution in [2.24, 2.45) is 0 Å². The molecular weight excluding hydrogens is 202 g/mol. The second-order valence-corrected chi connectivity index (χ2v) is 4.91. The first kappa shape index (κ1) is 11.1. The van der Waals surface area contributed by atoms with Crippen molar-refractivity contribution in [1.29, 1.82) is 0 Å². The molecule has 2 rings (SSSR count). The van der Waals surface area contributed by atoms with Crippen LogP contribution in [-0.4, -0.2) is 23.2 Å². The third-order valence-electron chi connectivity index (χ3n) is 3.29. The van der Waals surface area contributed by atoms with Crippen LogP contribution in [0.1, 0.15) is 30.9 Å². The summed E-state index contributed by atoms with van der Waals surface area (Å²) in [6, 6.07) is 8.34. The topological polar surface area (TPSA) is 49.3 Å². The number of fused-ring (bicyclic) bond motifs is 1. The highest BCUT2D eigenvalue weighted by Crippen LogP contribution is 2.34. The number of nitrogens with one attached hydrogen (secondary N) is 1. The molecule has 1 aromatic rings. The fourth-order valence-corrected chi connectivity index (χ4v) is 2.00. The number of carbonyl (C=O) groups is 1. The molecule has 0 aromatic heterocycles. The number of carboxylic acids is 1. The largest absolute Gasteiger partial charge is 0.480 e. The van der Waals surface area contributed by atoms with Crippen molar-refractivity contribution in [3.8, 4) is 0 Å². The van der Waals surface area contributed by atoms with Crippen molar-refractivity contribution in [3.05, 3.63) is 35.4 Å². The van der Waals surface area contributed by atoms with Gasteiger partial charge < -0.3 is 10.4 Å². The zero-order chi connectivity index (χ0) is 11.8. The van der Waals surface area contributed by atoms with E-state index in [4.69, 9.17) is 5.11 Å². The Bertz CT molecular complexity index is 412. The summed E-state index contributed by atoms with van der Waals surface area (Å²) < 4.78 is 0. The summed E-state index contributed by atoms with van der Waals surface area (Å²) >= 11 is 0. The second-order valence-electron chi connectivity index (χ2n) is 4.91. The Morgan fingerprint density at radius 2 is 2.19 bits per heavy atom. The van der Waals surface area contributed by atoms with Gasteiger partial charge in [-0.05, 0) is 31.4 Å². The molecule has 0 saturated carbocycles. The van der Waals surface area contributed by atoms with E-state index in [0.717, 1.165) is 13.0 Å². The van der Waals surface area contributed by atoms with Crippen molar-refractivity contribution in [2.45, 2.75) is 31.7 Å². The van der Waals surface area contributed by atoms with Gasteiger partial charge in [-0.3, -0.25) is 4.79 Å². The van der Waals surface area contributed by atoms with Gasteiger partial charge >= 0.3 is 5.97 Å². The molecule has 0 radical (unpaired) electrons. The molecule has 0 spiro atoms. The predicted octanol–water partition coefficient (Wildman–Crippen LogP) is 1.78. The van der Waals surface area contributed by atoms with Crippen LogP contribution in [0.2, 0.25) is 0 Å². The maximum Gasteiger partial charge on any atom is 0.323 e. The molecule has 0 fully saturated rings. The number of benzene rings is 1. The Balaban J connectivity index is 1.93. The number of aliphatic carboxylic acids is 1. The maximum absolute atomic E-state index is 10.9. The van der Waals surface area contributed by atoms with Crippen molar-refractivity contribution in [3.63, 3.8) is 0 Å². The van der Waals surface area contributed by atoms with Gasteiger partial charge in [0.1, 0.15) is 5.54 Å². The quantitative estimate of drug-likeness (QED) is 0.811. The molecule has 3 nitrogen and oxygen atoms in total. The summed E-state index contributed by atoms with van der Waals surface area (Å²) in [5, 5.41) is 12.1. The van der Waals surface area contributed by atoms with Crippen LogP contribution >= 0.6 is 0 Å². The predicted molar refractivity (Wildman–Crippen MR) is 62.6 cm³/mol. The van der Waals surface area contributed by atoms with E-state index in [-0.39, 0.29) is 0 Å². The number of hydrogen-bond donors (Lipinski definition) is 2. The first-order valence-electron chi connectivity index (χ1n) is 5.57. The van der Waals surface area contributed by atoms with Gasteiger partial charge in [0.15, 0.2) is 0 Å². The zero-order valence-electron chi connectivity index (χ0n) is 9.66. The molecule has 0 heterocycles. The summed E-state index contributed by atoms with van der Waals surface area (Å²) in [5.74, 6) is -0.338. The number of hydrogen-bond acceptors (Lipinski definition) is 2. The third-order valence-corrected chi connectivity index (χ3v) is 3.29. The van der Waals surface area contributed by atoms with Crippen molar-refractivity contribution >= 4 is 5.97 Å².